The van der Waals surface area contributed by atoms with Crippen LogP contribution in [-0.4, -0.2) is 47.2 Å². The minimum absolute atomic E-state index is 0.0136. The summed E-state index contributed by atoms with van der Waals surface area (Å²) >= 11 is 7.81. The maximum atomic E-state index is 13.0. The molecule has 3 aromatic rings. The van der Waals surface area contributed by atoms with Gasteiger partial charge in [0.05, 0.1) is 4.88 Å². The van der Waals surface area contributed by atoms with E-state index in [1.165, 1.54) is 28.9 Å². The Morgan fingerprint density at radius 1 is 1.07 bits per heavy atom. The number of benzene rings is 2. The van der Waals surface area contributed by atoms with E-state index in [9.17, 15) is 18.0 Å². The van der Waals surface area contributed by atoms with E-state index in [1.54, 1.807) is 0 Å². The zero-order chi connectivity index (χ0) is 29.5. The monoisotopic (exact) mass is 594 g/mol. The first-order valence-corrected chi connectivity index (χ1v) is 14.3. The van der Waals surface area contributed by atoms with Crippen molar-refractivity contribution in [1.29, 1.82) is 0 Å². The maximum absolute atomic E-state index is 13.0. The fourth-order valence-corrected chi connectivity index (χ4v) is 5.45. The van der Waals surface area contributed by atoms with E-state index < -0.39 is 12.1 Å². The molecule has 2 N–H and O–H groups in total. The zero-order valence-electron chi connectivity index (χ0n) is 22.7. The van der Waals surface area contributed by atoms with Gasteiger partial charge in [0.1, 0.15) is 0 Å². The molecular weight excluding hydrogens is 561 g/mol. The molecule has 1 fully saturated rings. The summed E-state index contributed by atoms with van der Waals surface area (Å²) in [5.41, 5.74) is 4.82. The molecule has 0 saturated carbocycles. The van der Waals surface area contributed by atoms with E-state index in [2.05, 4.69) is 55.3 Å². The summed E-state index contributed by atoms with van der Waals surface area (Å²) in [6, 6.07) is 18.9. The number of carboxylic acid groups (broad SMARTS) is 1. The van der Waals surface area contributed by atoms with Crippen molar-refractivity contribution in [2.24, 2.45) is 0 Å². The van der Waals surface area contributed by atoms with Crippen LogP contribution in [0.25, 0.3) is 11.1 Å². The van der Waals surface area contributed by atoms with Crippen LogP contribution < -0.4 is 5.32 Å². The van der Waals surface area contributed by atoms with Crippen molar-refractivity contribution in [2.75, 3.05) is 13.1 Å². The van der Waals surface area contributed by atoms with E-state index >= 15 is 0 Å². The van der Waals surface area contributed by atoms with Crippen LogP contribution in [0.5, 0.6) is 0 Å². The molecule has 1 saturated heterocycles. The van der Waals surface area contributed by atoms with Gasteiger partial charge in [0.2, 0.25) is 0 Å². The number of nitrogens with one attached hydrogen (secondary N) is 1. The zero-order valence-corrected chi connectivity index (χ0v) is 24.3. The van der Waals surface area contributed by atoms with Crippen LogP contribution in [0.1, 0.15) is 60.8 Å². The summed E-state index contributed by atoms with van der Waals surface area (Å²) in [5.74, 6) is -2.74. The predicted molar refractivity (Wildman–Crippen MR) is 154 cm³/mol. The van der Waals surface area contributed by atoms with Crippen molar-refractivity contribution in [2.45, 2.75) is 64.2 Å². The summed E-state index contributed by atoms with van der Waals surface area (Å²) in [4.78, 5) is 25.1. The second-order valence-corrected chi connectivity index (χ2v) is 12.1. The molecule has 2 heterocycles. The molecule has 216 valence electrons. The Morgan fingerprint density at radius 3 is 2.33 bits per heavy atom. The lowest BCUT2D eigenvalue weighted by molar-refractivity contribution is -0.192. The minimum atomic E-state index is -5.08. The Balaban J connectivity index is 0.000000559. The first-order valence-electron chi connectivity index (χ1n) is 13.0. The molecule has 10 heteroatoms. The number of nitrogens with zero attached hydrogens (tertiary/aromatic N) is 1. The van der Waals surface area contributed by atoms with Crippen LogP contribution in [0.3, 0.4) is 0 Å². The molecule has 0 bridgehead atoms. The number of alkyl halides is 3. The second kappa shape index (κ2) is 13.7. The highest BCUT2D eigenvalue weighted by atomic mass is 35.5. The van der Waals surface area contributed by atoms with E-state index in [1.807, 2.05) is 35.7 Å². The Bertz CT molecular complexity index is 1290. The van der Waals surface area contributed by atoms with Crippen LogP contribution in [0.2, 0.25) is 5.02 Å². The van der Waals surface area contributed by atoms with E-state index in [0.29, 0.717) is 5.02 Å². The Kier molecular flexibility index (Phi) is 10.8. The van der Waals surface area contributed by atoms with Crippen molar-refractivity contribution in [3.05, 3.63) is 81.0 Å². The van der Waals surface area contributed by atoms with E-state index in [-0.39, 0.29) is 17.4 Å². The summed E-state index contributed by atoms with van der Waals surface area (Å²) in [6.07, 6.45) is -1.75. The lowest BCUT2D eigenvalue weighted by atomic mass is 9.87. The smallest absolute Gasteiger partial charge is 0.475 e. The number of amides is 1. The average molecular weight is 595 g/mol. The fourth-order valence-electron chi connectivity index (χ4n) is 4.40. The highest BCUT2D eigenvalue weighted by Crippen LogP contribution is 2.31. The van der Waals surface area contributed by atoms with Gasteiger partial charge < -0.3 is 10.4 Å². The third-order valence-corrected chi connectivity index (χ3v) is 7.83. The fraction of sp³-hybridized carbons (Fsp3) is 0.400. The molecule has 2 aromatic carbocycles. The van der Waals surface area contributed by atoms with Gasteiger partial charge in [-0.3, -0.25) is 9.69 Å². The van der Waals surface area contributed by atoms with Crippen molar-refractivity contribution in [3.8, 4) is 11.1 Å². The Morgan fingerprint density at radius 2 is 1.73 bits per heavy atom. The number of carboxylic acids is 1. The largest absolute Gasteiger partial charge is 0.490 e. The number of thiophene rings is 1. The molecular formula is C30H34ClF3N2O3S. The predicted octanol–water partition coefficient (Wildman–Crippen LogP) is 7.78. The van der Waals surface area contributed by atoms with Crippen LogP contribution in [-0.2, 0) is 16.8 Å². The van der Waals surface area contributed by atoms with E-state index in [4.69, 9.17) is 21.5 Å². The molecule has 0 spiro atoms. The maximum Gasteiger partial charge on any atom is 0.490 e. The van der Waals surface area contributed by atoms with Gasteiger partial charge in [-0.2, -0.15) is 13.2 Å². The molecule has 1 aliphatic heterocycles. The molecule has 1 aliphatic rings. The number of carbonyl (C=O) groups is 2. The number of rotatable bonds is 5. The van der Waals surface area contributed by atoms with Gasteiger partial charge in [0.25, 0.3) is 5.91 Å². The van der Waals surface area contributed by atoms with E-state index in [0.717, 1.165) is 48.5 Å². The van der Waals surface area contributed by atoms with Crippen molar-refractivity contribution in [1.82, 2.24) is 10.2 Å². The number of hydrogen-bond donors (Lipinski definition) is 2. The number of likely N-dealkylation sites (tertiary alicyclic amines) is 1. The van der Waals surface area contributed by atoms with Gasteiger partial charge in [-0.1, -0.05) is 81.3 Å². The quantitative estimate of drug-likeness (QED) is 0.316. The normalized spacial score (nSPS) is 16.4. The van der Waals surface area contributed by atoms with Gasteiger partial charge in [-0.05, 0) is 59.0 Å². The van der Waals surface area contributed by atoms with Gasteiger partial charge in [0, 0.05) is 29.7 Å². The average Bonchev–Trinajstić information content (AvgIpc) is 3.26. The highest BCUT2D eigenvalue weighted by Gasteiger charge is 2.38. The summed E-state index contributed by atoms with van der Waals surface area (Å²) in [7, 11) is 0. The molecule has 0 radical (unpaired) electrons. The molecule has 0 aliphatic carbocycles. The molecule has 1 unspecified atom stereocenters. The molecule has 1 amide bonds. The van der Waals surface area contributed by atoms with Crippen LogP contribution in [0, 0.1) is 0 Å². The van der Waals surface area contributed by atoms with Crippen molar-refractivity contribution < 1.29 is 27.9 Å². The number of carbonyl (C=O) groups excluding carboxylic acids is 1. The Hall–Kier alpha value is -2.88. The molecule has 1 atom stereocenters. The first kappa shape index (κ1) is 31.6. The highest BCUT2D eigenvalue weighted by molar-refractivity contribution is 7.12. The first-order chi connectivity index (χ1) is 18.7. The van der Waals surface area contributed by atoms with Gasteiger partial charge in [-0.15, -0.1) is 11.3 Å². The van der Waals surface area contributed by atoms with Gasteiger partial charge in [-0.25, -0.2) is 4.79 Å². The standard InChI is InChI=1S/C28H33ClN2OS.C2HF3O2/c1-28(2,3)22-13-11-20(12-14-22)17-31-15-7-6-8-23(18-31)30-27(32)26-16-21(19-33-26)24-9-4-5-10-25(24)29;3-2(4,5)1(6)7/h4-5,9-14,16,19,23H,6-8,15,17-18H2,1-3H3,(H,30,32);(H,6,7). The lowest BCUT2D eigenvalue weighted by Crippen LogP contribution is -2.42. The summed E-state index contributed by atoms with van der Waals surface area (Å²) in [6.45, 7) is 9.62. The van der Waals surface area contributed by atoms with Gasteiger partial charge in [0.15, 0.2) is 0 Å². The second-order valence-electron chi connectivity index (χ2n) is 10.8. The number of aliphatic carboxylic acids is 1. The minimum Gasteiger partial charge on any atom is -0.475 e. The summed E-state index contributed by atoms with van der Waals surface area (Å²) in [5, 5.41) is 13.1. The molecule has 40 heavy (non-hydrogen) atoms. The van der Waals surface area contributed by atoms with Crippen molar-refractivity contribution in [3.63, 3.8) is 0 Å². The topological polar surface area (TPSA) is 69.6 Å². The van der Waals surface area contributed by atoms with Crippen LogP contribution in [0.15, 0.2) is 60.0 Å². The lowest BCUT2D eigenvalue weighted by Gasteiger charge is -2.25. The molecule has 5 nitrogen and oxygen atoms in total. The van der Waals surface area contributed by atoms with Crippen LogP contribution in [0.4, 0.5) is 13.2 Å². The number of hydrogen-bond acceptors (Lipinski definition) is 4. The third kappa shape index (κ3) is 9.35. The van der Waals surface area contributed by atoms with Crippen LogP contribution >= 0.6 is 22.9 Å². The Labute approximate surface area is 242 Å². The van der Waals surface area contributed by atoms with Crippen molar-refractivity contribution >= 4 is 34.8 Å². The SMILES string of the molecule is CC(C)(C)c1ccc(CN2CCCCC(NC(=O)c3cc(-c4ccccc4Cl)cs3)C2)cc1.O=C(O)C(F)(F)F. The molecule has 1 aromatic heterocycles. The third-order valence-electron chi connectivity index (χ3n) is 6.57. The number of halogens is 4. The van der Waals surface area contributed by atoms with Gasteiger partial charge >= 0.3 is 12.1 Å². The molecule has 4 rings (SSSR count). The summed E-state index contributed by atoms with van der Waals surface area (Å²) < 4.78 is 31.7.